The number of aliphatic hydroxyl groups is 1. The quantitative estimate of drug-likeness (QED) is 0.713. The maximum atomic E-state index is 12.8. The summed E-state index contributed by atoms with van der Waals surface area (Å²) in [4.78, 5) is 14.6. The first-order chi connectivity index (χ1) is 12.5. The number of halogens is 2. The number of carbonyl (C=O) groups excluding carboxylic acids is 1. The van der Waals surface area contributed by atoms with Crippen LogP contribution in [-0.4, -0.2) is 28.6 Å². The minimum Gasteiger partial charge on any atom is -0.387 e. The Balaban J connectivity index is 1.74. The molecule has 2 N–H and O–H groups in total. The molecule has 3 rings (SSSR count). The Labute approximate surface area is 163 Å². The van der Waals surface area contributed by atoms with Crippen molar-refractivity contribution in [2.75, 3.05) is 11.9 Å². The summed E-state index contributed by atoms with van der Waals surface area (Å²) in [5, 5.41) is 14.4. The molecule has 0 saturated heterocycles. The van der Waals surface area contributed by atoms with Gasteiger partial charge in [-0.15, -0.1) is 0 Å². The summed E-state index contributed by atoms with van der Waals surface area (Å²) < 4.78 is 0. The van der Waals surface area contributed by atoms with Gasteiger partial charge >= 0.3 is 6.03 Å². The van der Waals surface area contributed by atoms with Gasteiger partial charge in [-0.3, -0.25) is 0 Å². The third-order valence-electron chi connectivity index (χ3n) is 4.86. The van der Waals surface area contributed by atoms with Gasteiger partial charge in [0, 0.05) is 11.7 Å². The molecule has 0 unspecified atom stereocenters. The van der Waals surface area contributed by atoms with E-state index >= 15 is 0 Å². The average Bonchev–Trinajstić information content (AvgIpc) is 2.57. The van der Waals surface area contributed by atoms with E-state index in [0.29, 0.717) is 15.6 Å². The van der Waals surface area contributed by atoms with Gasteiger partial charge < -0.3 is 15.3 Å². The van der Waals surface area contributed by atoms with Gasteiger partial charge in [-0.1, -0.05) is 47.5 Å². The predicted octanol–water partition coefficient (Wildman–Crippen LogP) is 5.42. The Kier molecular flexibility index (Phi) is 6.07. The zero-order valence-corrected chi connectivity index (χ0v) is 16.1. The maximum absolute atomic E-state index is 12.8. The van der Waals surface area contributed by atoms with E-state index in [1.165, 1.54) is 0 Å². The van der Waals surface area contributed by atoms with Crippen LogP contribution in [0.1, 0.15) is 36.5 Å². The van der Waals surface area contributed by atoms with Crippen LogP contribution < -0.4 is 5.32 Å². The summed E-state index contributed by atoms with van der Waals surface area (Å²) in [6.07, 6.45) is 2.18. The van der Waals surface area contributed by atoms with Crippen molar-refractivity contribution in [1.29, 1.82) is 0 Å². The smallest absolute Gasteiger partial charge is 0.322 e. The van der Waals surface area contributed by atoms with E-state index < -0.39 is 6.10 Å². The topological polar surface area (TPSA) is 52.6 Å². The number of benzene rings is 2. The molecule has 6 heteroatoms. The van der Waals surface area contributed by atoms with Crippen molar-refractivity contribution in [2.24, 2.45) is 0 Å². The van der Waals surface area contributed by atoms with Gasteiger partial charge in [0.15, 0.2) is 0 Å². The van der Waals surface area contributed by atoms with Gasteiger partial charge in [-0.05, 0) is 55.5 Å². The second-order valence-electron chi connectivity index (χ2n) is 6.67. The molecule has 0 bridgehead atoms. The Morgan fingerprint density at radius 1 is 1.23 bits per heavy atom. The molecule has 0 spiro atoms. The molecule has 1 saturated carbocycles. The van der Waals surface area contributed by atoms with Crippen molar-refractivity contribution < 1.29 is 9.90 Å². The number of urea groups is 1. The summed E-state index contributed by atoms with van der Waals surface area (Å²) in [5.74, 6) is 0. The van der Waals surface area contributed by atoms with E-state index in [1.807, 2.05) is 31.2 Å². The summed E-state index contributed by atoms with van der Waals surface area (Å²) in [7, 11) is 0. The van der Waals surface area contributed by atoms with E-state index in [0.717, 1.165) is 30.5 Å². The minimum absolute atomic E-state index is 0.149. The number of anilines is 1. The van der Waals surface area contributed by atoms with E-state index in [-0.39, 0.29) is 18.6 Å². The number of rotatable bonds is 5. The first-order valence-electron chi connectivity index (χ1n) is 8.72. The molecule has 0 aromatic heterocycles. The number of hydrogen-bond acceptors (Lipinski definition) is 2. The first-order valence-corrected chi connectivity index (χ1v) is 9.47. The number of aryl methyl sites for hydroxylation is 1. The Bertz CT molecular complexity index is 793. The molecule has 2 aromatic rings. The van der Waals surface area contributed by atoms with E-state index in [4.69, 9.17) is 23.2 Å². The molecular formula is C20H22Cl2N2O2. The molecule has 0 heterocycles. The largest absolute Gasteiger partial charge is 0.387 e. The molecule has 2 amide bonds. The maximum Gasteiger partial charge on any atom is 0.322 e. The van der Waals surface area contributed by atoms with E-state index in [9.17, 15) is 9.90 Å². The van der Waals surface area contributed by atoms with Crippen molar-refractivity contribution in [3.05, 3.63) is 63.6 Å². The Hall–Kier alpha value is -1.75. The number of aliphatic hydroxyl groups excluding tert-OH is 1. The lowest BCUT2D eigenvalue weighted by Crippen LogP contribution is -2.48. The lowest BCUT2D eigenvalue weighted by Gasteiger charge is -2.38. The SMILES string of the molecule is Cc1ccccc1NC(=O)N(C[C@@H](O)c1ccc(Cl)c(Cl)c1)C1CCC1. The second kappa shape index (κ2) is 8.30. The fourth-order valence-corrected chi connectivity index (χ4v) is 3.31. The predicted molar refractivity (Wildman–Crippen MR) is 106 cm³/mol. The number of nitrogens with zero attached hydrogens (tertiary/aromatic N) is 1. The summed E-state index contributed by atoms with van der Waals surface area (Å²) in [6, 6.07) is 12.6. The molecule has 138 valence electrons. The number of carbonyl (C=O) groups is 1. The van der Waals surface area contributed by atoms with Crippen LogP contribution in [0.5, 0.6) is 0 Å². The second-order valence-corrected chi connectivity index (χ2v) is 7.49. The Morgan fingerprint density at radius 2 is 1.96 bits per heavy atom. The third-order valence-corrected chi connectivity index (χ3v) is 5.60. The van der Waals surface area contributed by atoms with Gasteiger partial charge in [0.1, 0.15) is 0 Å². The van der Waals surface area contributed by atoms with Crippen LogP contribution >= 0.6 is 23.2 Å². The van der Waals surface area contributed by atoms with E-state index in [1.54, 1.807) is 23.1 Å². The molecule has 4 nitrogen and oxygen atoms in total. The number of hydrogen-bond donors (Lipinski definition) is 2. The van der Waals surface area contributed by atoms with Crippen molar-refractivity contribution >= 4 is 34.9 Å². The van der Waals surface area contributed by atoms with Crippen LogP contribution in [0.25, 0.3) is 0 Å². The highest BCUT2D eigenvalue weighted by molar-refractivity contribution is 6.42. The molecule has 0 radical (unpaired) electrons. The number of amides is 2. The molecule has 26 heavy (non-hydrogen) atoms. The zero-order chi connectivity index (χ0) is 18.7. The molecule has 0 aliphatic heterocycles. The molecule has 1 aliphatic rings. The highest BCUT2D eigenvalue weighted by Gasteiger charge is 2.31. The summed E-state index contributed by atoms with van der Waals surface area (Å²) >= 11 is 12.0. The molecule has 2 aromatic carbocycles. The standard InChI is InChI=1S/C20H22Cl2N2O2/c1-13-5-2-3-8-18(13)23-20(26)24(15-6-4-7-15)12-19(25)14-9-10-16(21)17(22)11-14/h2-3,5,8-11,15,19,25H,4,6-7,12H2,1H3,(H,23,26)/t19-/m1/s1. The monoisotopic (exact) mass is 392 g/mol. The number of nitrogens with one attached hydrogen (secondary N) is 1. The normalized spacial score (nSPS) is 15.2. The zero-order valence-electron chi connectivity index (χ0n) is 14.6. The molecule has 1 fully saturated rings. The van der Waals surface area contributed by atoms with Gasteiger partial charge in [0.2, 0.25) is 0 Å². The van der Waals surface area contributed by atoms with E-state index in [2.05, 4.69) is 5.32 Å². The number of para-hydroxylation sites is 1. The highest BCUT2D eigenvalue weighted by Crippen LogP contribution is 2.30. The van der Waals surface area contributed by atoms with Crippen molar-refractivity contribution in [1.82, 2.24) is 4.90 Å². The van der Waals surface area contributed by atoms with Gasteiger partial charge in [-0.2, -0.15) is 0 Å². The highest BCUT2D eigenvalue weighted by atomic mass is 35.5. The Morgan fingerprint density at radius 3 is 2.58 bits per heavy atom. The minimum atomic E-state index is -0.826. The van der Waals surface area contributed by atoms with Gasteiger partial charge in [0.05, 0.1) is 22.7 Å². The lowest BCUT2D eigenvalue weighted by molar-refractivity contribution is 0.0840. The lowest BCUT2D eigenvalue weighted by atomic mass is 9.91. The van der Waals surface area contributed by atoms with Crippen LogP contribution in [0.4, 0.5) is 10.5 Å². The van der Waals surface area contributed by atoms with Crippen LogP contribution in [0.2, 0.25) is 10.0 Å². The van der Waals surface area contributed by atoms with Crippen LogP contribution in [0.15, 0.2) is 42.5 Å². The summed E-state index contributed by atoms with van der Waals surface area (Å²) in [6.45, 7) is 2.16. The molecule has 1 aliphatic carbocycles. The van der Waals surface area contributed by atoms with Gasteiger partial charge in [-0.25, -0.2) is 4.79 Å². The van der Waals surface area contributed by atoms with Crippen LogP contribution in [0.3, 0.4) is 0 Å². The molecular weight excluding hydrogens is 371 g/mol. The third kappa shape index (κ3) is 4.32. The van der Waals surface area contributed by atoms with Crippen molar-refractivity contribution in [3.8, 4) is 0 Å². The van der Waals surface area contributed by atoms with Crippen molar-refractivity contribution in [2.45, 2.75) is 38.3 Å². The van der Waals surface area contributed by atoms with Gasteiger partial charge in [0.25, 0.3) is 0 Å². The first kappa shape index (κ1) is 19.0. The summed E-state index contributed by atoms with van der Waals surface area (Å²) in [5.41, 5.74) is 2.43. The van der Waals surface area contributed by atoms with Crippen LogP contribution in [-0.2, 0) is 0 Å². The fraction of sp³-hybridized carbons (Fsp3) is 0.350. The van der Waals surface area contributed by atoms with Crippen molar-refractivity contribution in [3.63, 3.8) is 0 Å². The molecule has 1 atom stereocenters. The average molecular weight is 393 g/mol. The van der Waals surface area contributed by atoms with Crippen LogP contribution in [0, 0.1) is 6.92 Å². The fourth-order valence-electron chi connectivity index (χ4n) is 3.01.